The number of alkyl halides is 3. The normalized spacial score (nSPS) is 12.7. The molecular formula is C20H17F4N3O2. The van der Waals surface area contributed by atoms with Crippen LogP contribution in [0.4, 0.5) is 17.6 Å². The van der Waals surface area contributed by atoms with Crippen molar-refractivity contribution in [2.75, 3.05) is 0 Å². The van der Waals surface area contributed by atoms with Crippen LogP contribution in [-0.4, -0.2) is 28.3 Å². The first-order valence-electron chi connectivity index (χ1n) is 8.78. The average molecular weight is 407 g/mol. The Bertz CT molecular complexity index is 1020. The molecule has 0 fully saturated rings. The second kappa shape index (κ2) is 8.52. The molecule has 5 nitrogen and oxygen atoms in total. The summed E-state index contributed by atoms with van der Waals surface area (Å²) in [5.74, 6) is -2.72. The van der Waals surface area contributed by atoms with Gasteiger partial charge in [0.2, 0.25) is 0 Å². The highest BCUT2D eigenvalue weighted by molar-refractivity contribution is 5.91. The summed E-state index contributed by atoms with van der Waals surface area (Å²) in [5.41, 5.74) is 7.76. The molecule has 1 atom stereocenters. The average Bonchev–Trinajstić information content (AvgIpc) is 2.66. The van der Waals surface area contributed by atoms with E-state index in [9.17, 15) is 22.4 Å². The van der Waals surface area contributed by atoms with Gasteiger partial charge in [0.25, 0.3) is 0 Å². The van der Waals surface area contributed by atoms with E-state index in [2.05, 4.69) is 14.7 Å². The molecule has 29 heavy (non-hydrogen) atoms. The number of halogens is 4. The molecular weight excluding hydrogens is 390 g/mol. The number of pyridine rings is 2. The van der Waals surface area contributed by atoms with Gasteiger partial charge in [-0.2, -0.15) is 13.2 Å². The van der Waals surface area contributed by atoms with Crippen LogP contribution in [0.3, 0.4) is 0 Å². The number of carbonyl (C=O) groups excluding carboxylic acids is 1. The van der Waals surface area contributed by atoms with Crippen molar-refractivity contribution in [1.29, 1.82) is 0 Å². The van der Waals surface area contributed by atoms with Crippen molar-refractivity contribution in [3.63, 3.8) is 0 Å². The third kappa shape index (κ3) is 5.26. The molecule has 2 heterocycles. The van der Waals surface area contributed by atoms with Gasteiger partial charge >= 0.3 is 12.1 Å². The van der Waals surface area contributed by atoms with Gasteiger partial charge in [-0.3, -0.25) is 15.7 Å². The topological polar surface area (TPSA) is 78.1 Å². The Balaban J connectivity index is 1.76. The fourth-order valence-electron chi connectivity index (χ4n) is 2.85. The zero-order chi connectivity index (χ0) is 21.0. The molecule has 9 heteroatoms. The van der Waals surface area contributed by atoms with Crippen molar-refractivity contribution in [3.05, 3.63) is 60.2 Å². The molecule has 0 amide bonds. The highest BCUT2D eigenvalue weighted by Crippen LogP contribution is 2.27. The van der Waals surface area contributed by atoms with E-state index in [0.717, 1.165) is 5.39 Å². The summed E-state index contributed by atoms with van der Waals surface area (Å²) in [4.78, 5) is 19.7. The van der Waals surface area contributed by atoms with Crippen LogP contribution in [0.5, 0.6) is 0 Å². The van der Waals surface area contributed by atoms with Gasteiger partial charge in [-0.1, -0.05) is 18.2 Å². The monoisotopic (exact) mass is 407 g/mol. The molecule has 3 rings (SSSR count). The van der Waals surface area contributed by atoms with Gasteiger partial charge in [-0.05, 0) is 43.5 Å². The maximum Gasteiger partial charge on any atom is 0.490 e. The first-order valence-corrected chi connectivity index (χ1v) is 8.78. The van der Waals surface area contributed by atoms with Crippen LogP contribution in [0, 0.1) is 5.82 Å². The lowest BCUT2D eigenvalue weighted by atomic mass is 10.0. The van der Waals surface area contributed by atoms with Crippen LogP contribution in [0.2, 0.25) is 0 Å². The summed E-state index contributed by atoms with van der Waals surface area (Å²) in [5, 5.41) is 0.796. The lowest BCUT2D eigenvalue weighted by Crippen LogP contribution is -2.34. The molecule has 0 aliphatic carbocycles. The molecule has 1 unspecified atom stereocenters. The zero-order valence-electron chi connectivity index (χ0n) is 15.1. The van der Waals surface area contributed by atoms with E-state index >= 15 is 0 Å². The van der Waals surface area contributed by atoms with Crippen molar-refractivity contribution in [1.82, 2.24) is 9.97 Å². The van der Waals surface area contributed by atoms with Gasteiger partial charge in [0, 0.05) is 22.8 Å². The number of aryl methyl sites for hydroxylation is 1. The molecule has 2 N–H and O–H groups in total. The number of carbonyl (C=O) groups is 1. The van der Waals surface area contributed by atoms with Gasteiger partial charge in [0.1, 0.15) is 5.82 Å². The summed E-state index contributed by atoms with van der Waals surface area (Å²) >= 11 is 0. The fourth-order valence-corrected chi connectivity index (χ4v) is 2.85. The third-order valence-corrected chi connectivity index (χ3v) is 4.15. The standard InChI is InChI=1S/C20H17F4N3O2/c21-14-6-1-4-12(10-14)18-17-13(5-3-9-26-17)11-15(27-18)7-2-8-16(25)29-19(28)20(22,23)24/h1,3-6,9-11,16H,2,7-8,25H2. The summed E-state index contributed by atoms with van der Waals surface area (Å²) < 4.78 is 54.4. The number of hydrogen-bond donors (Lipinski definition) is 1. The number of rotatable bonds is 6. The Kier molecular flexibility index (Phi) is 6.07. The molecule has 0 radical (unpaired) electrons. The molecule has 0 spiro atoms. The molecule has 152 valence electrons. The molecule has 0 aliphatic heterocycles. The molecule has 2 aromatic heterocycles. The minimum Gasteiger partial charge on any atom is -0.440 e. The van der Waals surface area contributed by atoms with Crippen LogP contribution in [0.15, 0.2) is 48.7 Å². The lowest BCUT2D eigenvalue weighted by Gasteiger charge is -2.14. The predicted molar refractivity (Wildman–Crippen MR) is 98.0 cm³/mol. The maximum absolute atomic E-state index is 13.6. The number of ether oxygens (including phenoxy) is 1. The number of benzene rings is 1. The number of esters is 1. The third-order valence-electron chi connectivity index (χ3n) is 4.15. The van der Waals surface area contributed by atoms with E-state index < -0.39 is 24.2 Å². The first kappa shape index (κ1) is 20.7. The molecule has 0 aliphatic rings. The smallest absolute Gasteiger partial charge is 0.440 e. The van der Waals surface area contributed by atoms with Crippen LogP contribution < -0.4 is 5.73 Å². The van der Waals surface area contributed by atoms with Crippen LogP contribution in [0.25, 0.3) is 22.2 Å². The second-order valence-corrected chi connectivity index (χ2v) is 6.38. The minimum atomic E-state index is -5.08. The first-order chi connectivity index (χ1) is 13.7. The van der Waals surface area contributed by atoms with Crippen molar-refractivity contribution in [3.8, 4) is 11.3 Å². The van der Waals surface area contributed by atoms with Crippen LogP contribution in [-0.2, 0) is 16.0 Å². The van der Waals surface area contributed by atoms with E-state index in [0.29, 0.717) is 35.3 Å². The van der Waals surface area contributed by atoms with Crippen molar-refractivity contribution in [2.24, 2.45) is 5.73 Å². The van der Waals surface area contributed by atoms with Crippen molar-refractivity contribution < 1.29 is 27.1 Å². The zero-order valence-corrected chi connectivity index (χ0v) is 15.1. The highest BCUT2D eigenvalue weighted by atomic mass is 19.4. The van der Waals surface area contributed by atoms with Gasteiger partial charge in [0.05, 0.1) is 11.2 Å². The fraction of sp³-hybridized carbons (Fsp3) is 0.250. The molecule has 0 saturated heterocycles. The highest BCUT2D eigenvalue weighted by Gasteiger charge is 2.41. The van der Waals surface area contributed by atoms with E-state index in [4.69, 9.17) is 5.73 Å². The minimum absolute atomic E-state index is 0.0316. The Hall–Kier alpha value is -3.07. The van der Waals surface area contributed by atoms with E-state index in [1.165, 1.54) is 12.1 Å². The molecule has 0 bridgehead atoms. The Morgan fingerprint density at radius 2 is 1.97 bits per heavy atom. The van der Waals surface area contributed by atoms with Crippen LogP contribution >= 0.6 is 0 Å². The quantitative estimate of drug-likeness (QED) is 0.377. The summed E-state index contributed by atoms with van der Waals surface area (Å²) in [6, 6.07) is 11.4. The van der Waals surface area contributed by atoms with E-state index in [1.807, 2.05) is 6.07 Å². The number of aromatic nitrogens is 2. The SMILES string of the molecule is NC(CCCc1cc2cccnc2c(-c2cccc(F)c2)n1)OC(=O)C(F)(F)F. The number of hydrogen-bond acceptors (Lipinski definition) is 5. The molecule has 3 aromatic rings. The van der Waals surface area contributed by atoms with Gasteiger partial charge < -0.3 is 4.74 Å². The Morgan fingerprint density at radius 1 is 1.17 bits per heavy atom. The van der Waals surface area contributed by atoms with E-state index in [-0.39, 0.29) is 6.42 Å². The van der Waals surface area contributed by atoms with Gasteiger partial charge in [0.15, 0.2) is 6.23 Å². The molecule has 1 aromatic carbocycles. The number of nitrogens with zero attached hydrogens (tertiary/aromatic N) is 2. The number of fused-ring (bicyclic) bond motifs is 1. The van der Waals surface area contributed by atoms with Crippen LogP contribution in [0.1, 0.15) is 18.5 Å². The summed E-state index contributed by atoms with van der Waals surface area (Å²) in [7, 11) is 0. The molecule has 0 saturated carbocycles. The summed E-state index contributed by atoms with van der Waals surface area (Å²) in [6.45, 7) is 0. The largest absolute Gasteiger partial charge is 0.490 e. The predicted octanol–water partition coefficient (Wildman–Crippen LogP) is 4.15. The van der Waals surface area contributed by atoms with Gasteiger partial charge in [-0.25, -0.2) is 9.18 Å². The Morgan fingerprint density at radius 3 is 2.69 bits per heavy atom. The van der Waals surface area contributed by atoms with Gasteiger partial charge in [-0.15, -0.1) is 0 Å². The number of nitrogens with two attached hydrogens (primary N) is 1. The van der Waals surface area contributed by atoms with E-state index in [1.54, 1.807) is 30.5 Å². The lowest BCUT2D eigenvalue weighted by molar-refractivity contribution is -0.204. The maximum atomic E-state index is 13.6. The van der Waals surface area contributed by atoms with Crippen molar-refractivity contribution >= 4 is 16.9 Å². The van der Waals surface area contributed by atoms with Crippen molar-refractivity contribution in [2.45, 2.75) is 31.7 Å². The second-order valence-electron chi connectivity index (χ2n) is 6.38. The summed E-state index contributed by atoms with van der Waals surface area (Å²) in [6.07, 6.45) is -4.08. The Labute approximate surface area is 163 Å².